The number of azide groups is 1. The molecule has 2 atom stereocenters. The van der Waals surface area contributed by atoms with Gasteiger partial charge in [0.2, 0.25) is 5.90 Å². The summed E-state index contributed by atoms with van der Waals surface area (Å²) >= 11 is 13.0. The Hall–Kier alpha value is -3.83. The predicted molar refractivity (Wildman–Crippen MR) is 176 cm³/mol. The third-order valence-corrected chi connectivity index (χ3v) is 7.83. The molecule has 3 aromatic rings. The standard InChI is InChI=1S/C32H37Cl2N7O4/c1-41(2)16-5-15-36-39-31(43)32(20-23-7-3-4-8-24(23)21-37-40-35)29(27-14-11-25(33)19-28(27)34)45-30(38-32)22-9-12-26(13-10-22)44-18-6-17-42/h3-4,7-14,19,29,36,42H,5-6,15-18,20-21H2,1-2H3,(H,39,43)/t29-,32-/m0/s1. The first-order valence-corrected chi connectivity index (χ1v) is 15.3. The van der Waals surface area contributed by atoms with Crippen LogP contribution in [0.5, 0.6) is 5.75 Å². The van der Waals surface area contributed by atoms with Crippen LogP contribution in [0, 0.1) is 0 Å². The highest BCUT2D eigenvalue weighted by atomic mass is 35.5. The van der Waals surface area contributed by atoms with Gasteiger partial charge >= 0.3 is 0 Å². The molecule has 1 amide bonds. The summed E-state index contributed by atoms with van der Waals surface area (Å²) in [6.45, 7) is 1.90. The molecule has 1 heterocycles. The Labute approximate surface area is 272 Å². The number of nitrogens with zero attached hydrogens (tertiary/aromatic N) is 5. The van der Waals surface area contributed by atoms with Gasteiger partial charge in [0.25, 0.3) is 5.91 Å². The molecule has 0 fully saturated rings. The number of ether oxygens (including phenoxy) is 2. The van der Waals surface area contributed by atoms with E-state index in [4.69, 9.17) is 48.3 Å². The third kappa shape index (κ3) is 8.88. The topological polar surface area (TPSA) is 144 Å². The van der Waals surface area contributed by atoms with Crippen molar-refractivity contribution in [3.8, 4) is 5.75 Å². The quantitative estimate of drug-likeness (QED) is 0.0600. The van der Waals surface area contributed by atoms with Gasteiger partial charge in [-0.05, 0) is 80.1 Å². The zero-order chi connectivity index (χ0) is 32.2. The maximum absolute atomic E-state index is 14.4. The second kappa shape index (κ2) is 16.5. The molecular weight excluding hydrogens is 617 g/mol. The van der Waals surface area contributed by atoms with Crippen molar-refractivity contribution < 1.29 is 19.4 Å². The Kier molecular flexibility index (Phi) is 12.5. The number of rotatable bonds is 16. The van der Waals surface area contributed by atoms with Crippen molar-refractivity contribution in [2.45, 2.75) is 37.5 Å². The van der Waals surface area contributed by atoms with E-state index in [0.29, 0.717) is 46.5 Å². The molecule has 11 nitrogen and oxygen atoms in total. The lowest BCUT2D eigenvalue weighted by Gasteiger charge is -2.32. The van der Waals surface area contributed by atoms with Gasteiger partial charge in [0.05, 0.1) is 13.2 Å². The van der Waals surface area contributed by atoms with Crippen LogP contribution in [0.1, 0.15) is 41.2 Å². The molecule has 0 radical (unpaired) electrons. The molecule has 0 aliphatic carbocycles. The number of hydrazine groups is 1. The molecule has 0 bridgehead atoms. The SMILES string of the molecule is CN(C)CCCNNC(=O)[C@@]1(Cc2ccccc2CN=[N+]=[N-])N=C(c2ccc(OCCCO)cc2)O[C@H]1c1ccc(Cl)cc1Cl. The Morgan fingerprint density at radius 2 is 1.89 bits per heavy atom. The summed E-state index contributed by atoms with van der Waals surface area (Å²) in [7, 11) is 3.98. The molecule has 1 aliphatic rings. The van der Waals surface area contributed by atoms with E-state index in [0.717, 1.165) is 24.1 Å². The van der Waals surface area contributed by atoms with Crippen molar-refractivity contribution >= 4 is 35.0 Å². The first-order chi connectivity index (χ1) is 21.8. The summed E-state index contributed by atoms with van der Waals surface area (Å²) in [5, 5.41) is 13.6. The number of aliphatic hydroxyl groups excluding tert-OH is 1. The van der Waals surface area contributed by atoms with Gasteiger partial charge < -0.3 is 19.5 Å². The van der Waals surface area contributed by atoms with Crippen molar-refractivity contribution in [1.82, 2.24) is 15.8 Å². The Morgan fingerprint density at radius 1 is 1.13 bits per heavy atom. The van der Waals surface area contributed by atoms with Gasteiger partial charge in [-0.1, -0.05) is 58.6 Å². The van der Waals surface area contributed by atoms with Gasteiger partial charge in [0, 0.05) is 52.1 Å². The minimum Gasteiger partial charge on any atom is -0.494 e. The van der Waals surface area contributed by atoms with Gasteiger partial charge in [-0.15, -0.1) is 0 Å². The fourth-order valence-corrected chi connectivity index (χ4v) is 5.50. The molecule has 0 aromatic heterocycles. The minimum atomic E-state index is -1.52. The van der Waals surface area contributed by atoms with Crippen molar-refractivity contribution in [2.24, 2.45) is 10.1 Å². The number of benzene rings is 3. The zero-order valence-corrected chi connectivity index (χ0v) is 26.8. The van der Waals surface area contributed by atoms with E-state index >= 15 is 0 Å². The number of hydrogen-bond donors (Lipinski definition) is 3. The number of amides is 1. The maximum Gasteiger partial charge on any atom is 0.266 e. The van der Waals surface area contributed by atoms with Crippen molar-refractivity contribution in [3.05, 3.63) is 109 Å². The molecule has 0 saturated heterocycles. The Balaban J connectivity index is 1.79. The summed E-state index contributed by atoms with van der Waals surface area (Å²) in [6.07, 6.45) is 0.502. The number of carbonyl (C=O) groups is 1. The van der Waals surface area contributed by atoms with E-state index in [9.17, 15) is 4.79 Å². The van der Waals surface area contributed by atoms with Crippen LogP contribution in [0.2, 0.25) is 10.0 Å². The Morgan fingerprint density at radius 3 is 2.58 bits per heavy atom. The summed E-state index contributed by atoms with van der Waals surface area (Å²) in [6, 6.07) is 19.7. The fourth-order valence-electron chi connectivity index (χ4n) is 4.99. The molecular formula is C32H37Cl2N7O4. The van der Waals surface area contributed by atoms with Gasteiger partial charge in [-0.3, -0.25) is 10.2 Å². The third-order valence-electron chi connectivity index (χ3n) is 7.27. The van der Waals surface area contributed by atoms with Gasteiger partial charge in [-0.25, -0.2) is 10.4 Å². The largest absolute Gasteiger partial charge is 0.494 e. The second-order valence-corrected chi connectivity index (χ2v) is 11.7. The molecule has 4 rings (SSSR count). The fraction of sp³-hybridized carbons (Fsp3) is 0.375. The van der Waals surface area contributed by atoms with Crippen LogP contribution >= 0.6 is 23.2 Å². The highest BCUT2D eigenvalue weighted by molar-refractivity contribution is 6.35. The monoisotopic (exact) mass is 653 g/mol. The second-order valence-electron chi connectivity index (χ2n) is 10.8. The van der Waals surface area contributed by atoms with Crippen LogP contribution in [0.25, 0.3) is 10.4 Å². The molecule has 1 aliphatic heterocycles. The van der Waals surface area contributed by atoms with Crippen molar-refractivity contribution in [3.63, 3.8) is 0 Å². The highest BCUT2D eigenvalue weighted by Crippen LogP contribution is 2.45. The van der Waals surface area contributed by atoms with Crippen LogP contribution in [-0.2, 0) is 22.5 Å². The highest BCUT2D eigenvalue weighted by Gasteiger charge is 2.54. The average molecular weight is 655 g/mol. The molecule has 0 saturated carbocycles. The van der Waals surface area contributed by atoms with Crippen LogP contribution in [0.4, 0.5) is 0 Å². The summed E-state index contributed by atoms with van der Waals surface area (Å²) in [4.78, 5) is 24.4. The van der Waals surface area contributed by atoms with Gasteiger partial charge in [0.15, 0.2) is 11.6 Å². The van der Waals surface area contributed by atoms with Crippen LogP contribution in [0.15, 0.2) is 76.8 Å². The van der Waals surface area contributed by atoms with E-state index in [1.54, 1.807) is 42.5 Å². The van der Waals surface area contributed by atoms with E-state index in [-0.39, 0.29) is 25.5 Å². The molecule has 0 spiro atoms. The lowest BCUT2D eigenvalue weighted by Crippen LogP contribution is -2.54. The molecule has 13 heteroatoms. The van der Waals surface area contributed by atoms with E-state index in [2.05, 4.69) is 25.8 Å². The van der Waals surface area contributed by atoms with Crippen molar-refractivity contribution in [2.75, 3.05) is 40.4 Å². The number of carbonyl (C=O) groups excluding carboxylic acids is 1. The molecule has 45 heavy (non-hydrogen) atoms. The lowest BCUT2D eigenvalue weighted by molar-refractivity contribution is -0.130. The average Bonchev–Trinajstić information content (AvgIpc) is 3.40. The minimum absolute atomic E-state index is 0.0397. The summed E-state index contributed by atoms with van der Waals surface area (Å²) < 4.78 is 12.2. The number of nitrogens with one attached hydrogen (secondary N) is 2. The normalized spacial score (nSPS) is 17.4. The lowest BCUT2D eigenvalue weighted by atomic mass is 9.81. The molecule has 0 unspecified atom stereocenters. The number of hydrogen-bond acceptors (Lipinski definition) is 8. The van der Waals surface area contributed by atoms with Gasteiger partial charge in [0.1, 0.15) is 5.75 Å². The zero-order valence-electron chi connectivity index (χ0n) is 25.2. The predicted octanol–water partition coefficient (Wildman–Crippen LogP) is 5.64. The number of aliphatic imine (C=N–C) groups is 1. The Bertz CT molecular complexity index is 1530. The summed E-state index contributed by atoms with van der Waals surface area (Å²) in [5.74, 6) is 0.463. The molecule has 3 N–H and O–H groups in total. The molecule has 3 aromatic carbocycles. The van der Waals surface area contributed by atoms with E-state index in [1.165, 1.54) is 0 Å². The maximum atomic E-state index is 14.4. The van der Waals surface area contributed by atoms with Crippen molar-refractivity contribution in [1.29, 1.82) is 0 Å². The number of halogens is 2. The summed E-state index contributed by atoms with van der Waals surface area (Å²) in [5.41, 5.74) is 16.1. The number of aliphatic hydroxyl groups is 1. The smallest absolute Gasteiger partial charge is 0.266 e. The van der Waals surface area contributed by atoms with Crippen LogP contribution in [0.3, 0.4) is 0 Å². The molecule has 238 valence electrons. The van der Waals surface area contributed by atoms with Crippen LogP contribution < -0.4 is 15.6 Å². The first kappa shape index (κ1) is 34.1. The first-order valence-electron chi connectivity index (χ1n) is 14.6. The van der Waals surface area contributed by atoms with Crippen LogP contribution in [-0.4, -0.2) is 67.7 Å². The van der Waals surface area contributed by atoms with E-state index < -0.39 is 17.6 Å². The van der Waals surface area contributed by atoms with Gasteiger partial charge in [-0.2, -0.15) is 0 Å². The van der Waals surface area contributed by atoms with E-state index in [1.807, 2.05) is 38.4 Å².